The van der Waals surface area contributed by atoms with Gasteiger partial charge in [0.05, 0.1) is 7.57 Å². The van der Waals surface area contributed by atoms with Gasteiger partial charge in [-0.25, -0.2) is 0 Å². The monoisotopic (exact) mass is 1180 g/mol. The molecule has 4 aromatic heterocycles. The second kappa shape index (κ2) is 35.8. The Bertz CT molecular complexity index is 1990. The molecule has 1 aromatic carbocycles. The first-order chi connectivity index (χ1) is 35.2. The molecule has 0 saturated carbocycles. The summed E-state index contributed by atoms with van der Waals surface area (Å²) < 4.78 is 5.86. The van der Waals surface area contributed by atoms with Gasteiger partial charge in [-0.2, -0.15) is 0 Å². The van der Waals surface area contributed by atoms with E-state index in [2.05, 4.69) is 134 Å². The van der Waals surface area contributed by atoms with Gasteiger partial charge in [0.15, 0.2) is 0 Å². The number of fused-ring (bicyclic) bond motifs is 2. The van der Waals surface area contributed by atoms with E-state index < -0.39 is 0 Å². The number of unbranched alkanes of at least 4 members (excludes halogenated alkanes) is 18. The van der Waals surface area contributed by atoms with Gasteiger partial charge in [0.25, 0.3) is 0 Å². The molecule has 5 aromatic rings. The Hall–Kier alpha value is -0.500. The van der Waals surface area contributed by atoms with Gasteiger partial charge >= 0.3 is 0 Å². The van der Waals surface area contributed by atoms with E-state index in [1.54, 1.807) is 52.2 Å². The van der Waals surface area contributed by atoms with Crippen LogP contribution in [0.5, 0.6) is 0 Å². The third kappa shape index (κ3) is 20.1. The molecule has 72 heavy (non-hydrogen) atoms. The largest absolute Gasteiger partial charge is 0.134 e. The molecule has 0 N–H and O–H groups in total. The van der Waals surface area contributed by atoms with Gasteiger partial charge in [0.2, 0.25) is 0 Å². The lowest BCUT2D eigenvalue weighted by molar-refractivity contribution is 0.403. The van der Waals surface area contributed by atoms with Crippen LogP contribution in [0.15, 0.2) is 31.8 Å². The molecule has 4 heterocycles. The number of halogens is 2. The second-order valence-electron chi connectivity index (χ2n) is 22.7. The Morgan fingerprint density at radius 1 is 0.333 bits per heavy atom. The summed E-state index contributed by atoms with van der Waals surface area (Å²) in [6.07, 6.45) is 48.5. The average molecular weight is 1190 g/mol. The van der Waals surface area contributed by atoms with E-state index in [1.165, 1.54) is 248 Å². The fourth-order valence-corrected chi connectivity index (χ4v) is 18.1. The van der Waals surface area contributed by atoms with Crippen LogP contribution >= 0.6 is 77.2 Å². The second-order valence-corrected chi connectivity index (χ2v) is 29.6. The van der Waals surface area contributed by atoms with Gasteiger partial charge in [-0.3, -0.25) is 0 Å². The predicted octanol–water partition coefficient (Wildman–Crippen LogP) is 26.4. The molecule has 406 valence electrons. The summed E-state index contributed by atoms with van der Waals surface area (Å²) in [6.45, 7) is 19.1. The molecule has 6 heteroatoms. The molecule has 0 saturated heterocycles. The Morgan fingerprint density at radius 3 is 0.972 bits per heavy atom. The smallest absolute Gasteiger partial charge is 0.0708 e. The van der Waals surface area contributed by atoms with Gasteiger partial charge < -0.3 is 0 Å². The van der Waals surface area contributed by atoms with Crippen LogP contribution in [0.3, 0.4) is 0 Å². The van der Waals surface area contributed by atoms with Crippen LogP contribution in [0.2, 0.25) is 0 Å². The SMILES string of the molecule is CCCCCCCCC(CCCCCC)Cc1cc(Br)sc1-c1cc2c(CC(CC)CCCC)c3sc(-c4sc(Br)cc4CC(CCCCCC)CCCCCCCC)cc3c(CC(CC)CCCC)c2s1. The summed E-state index contributed by atoms with van der Waals surface area (Å²) in [4.78, 5) is 6.17. The summed E-state index contributed by atoms with van der Waals surface area (Å²) in [7, 11) is 0. The van der Waals surface area contributed by atoms with Crippen molar-refractivity contribution >= 4 is 97.4 Å². The number of benzene rings is 1. The summed E-state index contributed by atoms with van der Waals surface area (Å²) >= 11 is 16.6. The molecule has 5 rings (SSSR count). The summed E-state index contributed by atoms with van der Waals surface area (Å²) in [6, 6.07) is 10.5. The van der Waals surface area contributed by atoms with Crippen molar-refractivity contribution in [3.8, 4) is 19.5 Å². The fraction of sp³-hybridized carbons (Fsp3) is 0.727. The van der Waals surface area contributed by atoms with Crippen LogP contribution in [0.4, 0.5) is 0 Å². The molecule has 0 nitrogen and oxygen atoms in total. The zero-order valence-electron chi connectivity index (χ0n) is 47.5. The fourth-order valence-electron chi connectivity index (χ4n) is 12.0. The van der Waals surface area contributed by atoms with E-state index in [-0.39, 0.29) is 0 Å². The van der Waals surface area contributed by atoms with Crippen LogP contribution in [0.1, 0.15) is 283 Å². The highest BCUT2D eigenvalue weighted by Gasteiger charge is 2.27. The molecule has 0 spiro atoms. The molecule has 4 unspecified atom stereocenters. The van der Waals surface area contributed by atoms with E-state index in [1.807, 2.05) is 22.7 Å². The standard InChI is InChI=1S/C66H104Br2S4/c1-9-17-23-27-29-33-39-51(37-31-25-19-11-3)41-53-45-61(67)71-63(53)59-47-57-55(43-49(15-7)35-21-13-5)66-58(56(65(57)69-59)44-50(16-8)36-22-14-6)48-60(70-66)64-54(46-62(68)72-64)42-52(38-32-26-20-12-4)40-34-30-28-24-18-10-2/h45-52H,9-44H2,1-8H3. The van der Waals surface area contributed by atoms with E-state index in [0.717, 1.165) is 11.8 Å². The average Bonchev–Trinajstić information content (AvgIpc) is 4.19. The van der Waals surface area contributed by atoms with Gasteiger partial charge in [-0.15, -0.1) is 45.3 Å². The van der Waals surface area contributed by atoms with Crippen molar-refractivity contribution in [2.45, 2.75) is 287 Å². The predicted molar refractivity (Wildman–Crippen MR) is 341 cm³/mol. The Labute approximate surface area is 477 Å². The Morgan fingerprint density at radius 2 is 0.639 bits per heavy atom. The minimum absolute atomic E-state index is 0.716. The zero-order valence-corrected chi connectivity index (χ0v) is 53.9. The molecular weight excluding hydrogens is 1080 g/mol. The van der Waals surface area contributed by atoms with Gasteiger partial charge in [0.1, 0.15) is 0 Å². The lowest BCUT2D eigenvalue weighted by Crippen LogP contribution is -2.06. The van der Waals surface area contributed by atoms with Crippen molar-refractivity contribution in [2.75, 3.05) is 0 Å². The Kier molecular flexibility index (Phi) is 31.0. The van der Waals surface area contributed by atoms with Crippen molar-refractivity contribution in [2.24, 2.45) is 23.7 Å². The molecule has 0 amide bonds. The summed E-state index contributed by atoms with van der Waals surface area (Å²) in [5, 5.41) is 3.20. The maximum Gasteiger partial charge on any atom is 0.0708 e. The molecule has 0 aliphatic heterocycles. The highest BCUT2D eigenvalue weighted by atomic mass is 79.9. The molecule has 4 atom stereocenters. The number of hydrogen-bond acceptors (Lipinski definition) is 4. The minimum Gasteiger partial charge on any atom is -0.134 e. The lowest BCUT2D eigenvalue weighted by atomic mass is 9.86. The van der Waals surface area contributed by atoms with Crippen molar-refractivity contribution in [3.05, 3.63) is 54.1 Å². The van der Waals surface area contributed by atoms with Crippen molar-refractivity contribution in [3.63, 3.8) is 0 Å². The lowest BCUT2D eigenvalue weighted by Gasteiger charge is -2.20. The first kappa shape index (κ1) is 62.3. The molecule has 0 bridgehead atoms. The topological polar surface area (TPSA) is 0 Å². The normalized spacial score (nSPS) is 13.8. The number of rotatable bonds is 42. The molecule has 0 aliphatic carbocycles. The van der Waals surface area contributed by atoms with Crippen molar-refractivity contribution < 1.29 is 0 Å². The van der Waals surface area contributed by atoms with E-state index in [0.29, 0.717) is 11.8 Å². The summed E-state index contributed by atoms with van der Waals surface area (Å²) in [5.41, 5.74) is 6.57. The highest BCUT2D eigenvalue weighted by molar-refractivity contribution is 9.11. The molecule has 0 aliphatic rings. The summed E-state index contributed by atoms with van der Waals surface area (Å²) in [5.74, 6) is 2.99. The zero-order chi connectivity index (χ0) is 51.5. The van der Waals surface area contributed by atoms with E-state index >= 15 is 0 Å². The highest BCUT2D eigenvalue weighted by Crippen LogP contribution is 2.52. The maximum atomic E-state index is 4.08. The quantitative estimate of drug-likeness (QED) is 0.0342. The number of hydrogen-bond donors (Lipinski definition) is 0. The minimum atomic E-state index is 0.716. The molecule has 0 radical (unpaired) electrons. The van der Waals surface area contributed by atoms with Crippen LogP contribution in [-0.2, 0) is 25.7 Å². The first-order valence-corrected chi connectivity index (χ1v) is 35.6. The van der Waals surface area contributed by atoms with E-state index in [9.17, 15) is 0 Å². The van der Waals surface area contributed by atoms with E-state index in [4.69, 9.17) is 0 Å². The Balaban J connectivity index is 1.63. The van der Waals surface area contributed by atoms with Gasteiger partial charge in [-0.05, 0) is 139 Å². The first-order valence-electron chi connectivity index (χ1n) is 30.8. The van der Waals surface area contributed by atoms with Gasteiger partial charge in [0, 0.05) is 28.9 Å². The third-order valence-electron chi connectivity index (χ3n) is 16.6. The number of thiophene rings is 4. The van der Waals surface area contributed by atoms with Crippen LogP contribution in [0.25, 0.3) is 39.7 Å². The van der Waals surface area contributed by atoms with Crippen LogP contribution in [-0.4, -0.2) is 0 Å². The van der Waals surface area contributed by atoms with Crippen molar-refractivity contribution in [1.82, 2.24) is 0 Å². The third-order valence-corrected chi connectivity index (χ3v) is 22.7. The maximum absolute atomic E-state index is 4.08. The van der Waals surface area contributed by atoms with Gasteiger partial charge in [-0.1, -0.05) is 261 Å². The van der Waals surface area contributed by atoms with Crippen LogP contribution in [0, 0.1) is 23.7 Å². The molecule has 0 fully saturated rings. The van der Waals surface area contributed by atoms with Crippen LogP contribution < -0.4 is 0 Å². The van der Waals surface area contributed by atoms with Crippen molar-refractivity contribution in [1.29, 1.82) is 0 Å². The molecular formula is C66H104Br2S4.